The molecule has 0 unspecified atom stereocenters. The van der Waals surface area contributed by atoms with Gasteiger partial charge in [-0.1, -0.05) is 23.7 Å². The Morgan fingerprint density at radius 1 is 0.722 bits per heavy atom. The number of nitrogens with zero attached hydrogens (tertiary/aromatic N) is 1. The van der Waals surface area contributed by atoms with Gasteiger partial charge in [-0.3, -0.25) is 0 Å². The van der Waals surface area contributed by atoms with Gasteiger partial charge in [0.05, 0.1) is 45.0 Å². The number of halogens is 1. The monoisotopic (exact) mass is 535 g/mol. The van der Waals surface area contributed by atoms with Crippen LogP contribution < -0.4 is 23.7 Å². The molecule has 36 heavy (non-hydrogen) atoms. The van der Waals surface area contributed by atoms with Gasteiger partial charge in [-0.05, 0) is 37.3 Å². The van der Waals surface area contributed by atoms with Crippen LogP contribution in [-0.2, 0) is 23.1 Å². The summed E-state index contributed by atoms with van der Waals surface area (Å²) in [6.07, 6.45) is 0. The zero-order valence-electron chi connectivity index (χ0n) is 20.9. The molecule has 0 aliphatic heterocycles. The fraction of sp³-hybridized carbons (Fsp3) is 0.308. The van der Waals surface area contributed by atoms with Crippen molar-refractivity contribution < 1.29 is 32.1 Å². The molecule has 0 spiro atoms. The summed E-state index contributed by atoms with van der Waals surface area (Å²) in [6.45, 7) is 2.28. The number of hydrogen-bond donors (Lipinski definition) is 0. The number of sulfonamides is 1. The van der Waals surface area contributed by atoms with E-state index in [0.717, 1.165) is 0 Å². The number of benzene rings is 3. The number of rotatable bonds is 12. The third-order valence-corrected chi connectivity index (χ3v) is 7.61. The molecule has 0 aliphatic rings. The number of ether oxygens (including phenoxy) is 5. The van der Waals surface area contributed by atoms with Crippen LogP contribution in [0.4, 0.5) is 0 Å². The van der Waals surface area contributed by atoms with Crippen LogP contribution in [0.3, 0.4) is 0 Å². The van der Waals surface area contributed by atoms with E-state index in [-0.39, 0.29) is 23.0 Å². The Labute approximate surface area is 217 Å². The van der Waals surface area contributed by atoms with Crippen LogP contribution in [0.5, 0.6) is 28.7 Å². The van der Waals surface area contributed by atoms with Gasteiger partial charge >= 0.3 is 0 Å². The second-order valence-electron chi connectivity index (χ2n) is 7.65. The summed E-state index contributed by atoms with van der Waals surface area (Å²) in [7, 11) is 2.14. The van der Waals surface area contributed by atoms with Gasteiger partial charge < -0.3 is 23.7 Å². The Kier molecular flexibility index (Phi) is 9.31. The van der Waals surface area contributed by atoms with Gasteiger partial charge in [-0.25, -0.2) is 8.42 Å². The fourth-order valence-electron chi connectivity index (χ4n) is 3.63. The van der Waals surface area contributed by atoms with E-state index in [1.54, 1.807) is 56.7 Å². The Morgan fingerprint density at radius 3 is 1.67 bits per heavy atom. The van der Waals surface area contributed by atoms with Crippen molar-refractivity contribution in [1.82, 2.24) is 4.31 Å². The molecule has 0 fully saturated rings. The maximum atomic E-state index is 13.9. The lowest BCUT2D eigenvalue weighted by Crippen LogP contribution is -2.30. The van der Waals surface area contributed by atoms with E-state index in [9.17, 15) is 8.42 Å². The van der Waals surface area contributed by atoms with Crippen LogP contribution >= 0.6 is 11.6 Å². The van der Waals surface area contributed by atoms with Crippen LogP contribution in [-0.4, -0.2) is 47.8 Å². The molecule has 3 aromatic carbocycles. The summed E-state index contributed by atoms with van der Waals surface area (Å²) in [5.74, 6) is 2.61. The zero-order chi connectivity index (χ0) is 26.3. The van der Waals surface area contributed by atoms with E-state index >= 15 is 0 Å². The quantitative estimate of drug-likeness (QED) is 0.316. The van der Waals surface area contributed by atoms with E-state index in [1.807, 2.05) is 6.92 Å². The molecule has 0 atom stereocenters. The molecule has 0 heterocycles. The Morgan fingerprint density at radius 2 is 1.25 bits per heavy atom. The minimum Gasteiger partial charge on any atom is -0.497 e. The lowest BCUT2D eigenvalue weighted by atomic mass is 10.1. The van der Waals surface area contributed by atoms with Gasteiger partial charge in [-0.15, -0.1) is 0 Å². The highest BCUT2D eigenvalue weighted by Crippen LogP contribution is 2.34. The molecule has 0 saturated carbocycles. The molecule has 0 saturated heterocycles. The predicted octanol–water partition coefficient (Wildman–Crippen LogP) is 5.16. The van der Waals surface area contributed by atoms with Gasteiger partial charge in [0, 0.05) is 36.3 Å². The molecule has 3 rings (SSSR count). The van der Waals surface area contributed by atoms with Crippen LogP contribution in [0.2, 0.25) is 5.02 Å². The maximum Gasteiger partial charge on any atom is 0.243 e. The van der Waals surface area contributed by atoms with Gasteiger partial charge in [0.2, 0.25) is 10.0 Å². The van der Waals surface area contributed by atoms with Gasteiger partial charge in [0.1, 0.15) is 28.7 Å². The number of hydrogen-bond acceptors (Lipinski definition) is 7. The zero-order valence-corrected chi connectivity index (χ0v) is 22.5. The third kappa shape index (κ3) is 6.16. The van der Waals surface area contributed by atoms with Crippen LogP contribution in [0.1, 0.15) is 18.1 Å². The summed E-state index contributed by atoms with van der Waals surface area (Å²) in [4.78, 5) is 0.0379. The first kappa shape index (κ1) is 27.4. The van der Waals surface area contributed by atoms with Crippen molar-refractivity contribution in [3.05, 3.63) is 70.7 Å². The first-order chi connectivity index (χ1) is 17.3. The van der Waals surface area contributed by atoms with Gasteiger partial charge in [-0.2, -0.15) is 4.31 Å². The predicted molar refractivity (Wildman–Crippen MR) is 138 cm³/mol. The second kappa shape index (κ2) is 12.2. The molecule has 0 N–H and O–H groups in total. The molecule has 0 aromatic heterocycles. The van der Waals surface area contributed by atoms with E-state index in [2.05, 4.69) is 0 Å². The summed E-state index contributed by atoms with van der Waals surface area (Å²) in [6, 6.07) is 14.9. The summed E-state index contributed by atoms with van der Waals surface area (Å²) in [5, 5.41) is 0.210. The first-order valence-electron chi connectivity index (χ1n) is 11.1. The van der Waals surface area contributed by atoms with Crippen LogP contribution in [0.15, 0.2) is 59.5 Å². The third-order valence-electron chi connectivity index (χ3n) is 5.52. The van der Waals surface area contributed by atoms with Crippen molar-refractivity contribution in [2.24, 2.45) is 0 Å². The molecule has 194 valence electrons. The standard InChI is InChI=1S/C26H30ClNO7S/c1-6-35-24-12-11-22(15-23(24)27)36(29,30)28(16-18-7-9-20(31-2)13-25(18)33-4)17-19-8-10-21(32-3)14-26(19)34-5/h7-15H,6,16-17H2,1-5H3. The summed E-state index contributed by atoms with van der Waals surface area (Å²) in [5.41, 5.74) is 1.32. The molecular formula is C26H30ClNO7S. The molecule has 10 heteroatoms. The average Bonchev–Trinajstić information content (AvgIpc) is 2.89. The van der Waals surface area contributed by atoms with E-state index in [4.69, 9.17) is 35.3 Å². The van der Waals surface area contributed by atoms with E-state index in [0.29, 0.717) is 46.5 Å². The second-order valence-corrected chi connectivity index (χ2v) is 10.00. The highest BCUT2D eigenvalue weighted by atomic mass is 35.5. The maximum absolute atomic E-state index is 13.9. The largest absolute Gasteiger partial charge is 0.497 e. The van der Waals surface area contributed by atoms with Crippen LogP contribution in [0.25, 0.3) is 0 Å². The first-order valence-corrected chi connectivity index (χ1v) is 12.9. The molecule has 3 aromatic rings. The van der Waals surface area contributed by atoms with Crippen molar-refractivity contribution >= 4 is 21.6 Å². The lowest BCUT2D eigenvalue weighted by molar-refractivity contribution is 0.340. The Bertz CT molecular complexity index is 1240. The smallest absolute Gasteiger partial charge is 0.243 e. The van der Waals surface area contributed by atoms with Crippen molar-refractivity contribution in [3.63, 3.8) is 0 Å². The van der Waals surface area contributed by atoms with E-state index in [1.165, 1.54) is 30.7 Å². The minimum atomic E-state index is -4.01. The Balaban J connectivity index is 2.08. The SMILES string of the molecule is CCOc1ccc(S(=O)(=O)N(Cc2ccc(OC)cc2OC)Cc2ccc(OC)cc2OC)cc1Cl. The van der Waals surface area contributed by atoms with Crippen molar-refractivity contribution in [2.45, 2.75) is 24.9 Å². The summed E-state index contributed by atoms with van der Waals surface area (Å²) < 4.78 is 56.2. The van der Waals surface area contributed by atoms with Crippen LogP contribution in [0, 0.1) is 0 Å². The molecule has 0 aliphatic carbocycles. The van der Waals surface area contributed by atoms with Gasteiger partial charge in [0.15, 0.2) is 0 Å². The molecule has 0 bridgehead atoms. The highest BCUT2D eigenvalue weighted by molar-refractivity contribution is 7.89. The van der Waals surface area contributed by atoms with Crippen molar-refractivity contribution in [1.29, 1.82) is 0 Å². The lowest BCUT2D eigenvalue weighted by Gasteiger charge is -2.25. The highest BCUT2D eigenvalue weighted by Gasteiger charge is 2.28. The molecular weight excluding hydrogens is 506 g/mol. The summed E-state index contributed by atoms with van der Waals surface area (Å²) >= 11 is 6.33. The Hall–Kier alpha value is -3.14. The van der Waals surface area contributed by atoms with Crippen molar-refractivity contribution in [2.75, 3.05) is 35.0 Å². The molecule has 0 radical (unpaired) electrons. The fourth-order valence-corrected chi connectivity index (χ4v) is 5.36. The van der Waals surface area contributed by atoms with Crippen molar-refractivity contribution in [3.8, 4) is 28.7 Å². The minimum absolute atomic E-state index is 0.0233. The van der Waals surface area contributed by atoms with E-state index < -0.39 is 10.0 Å². The number of methoxy groups -OCH3 is 4. The molecule has 0 amide bonds. The van der Waals surface area contributed by atoms with Gasteiger partial charge in [0.25, 0.3) is 0 Å². The average molecular weight is 536 g/mol. The normalized spacial score (nSPS) is 11.3. The topological polar surface area (TPSA) is 83.5 Å². The molecule has 8 nitrogen and oxygen atoms in total.